The van der Waals surface area contributed by atoms with Crippen molar-refractivity contribution in [1.29, 1.82) is 0 Å². The second kappa shape index (κ2) is 8.22. The number of hydrogen-bond donors (Lipinski definition) is 1. The second-order valence-corrected chi connectivity index (χ2v) is 7.74. The first-order valence-electron chi connectivity index (χ1n) is 9.41. The quantitative estimate of drug-likeness (QED) is 0.866. The van der Waals surface area contributed by atoms with E-state index in [0.717, 1.165) is 36.9 Å². The molecule has 1 aliphatic heterocycles. The van der Waals surface area contributed by atoms with E-state index >= 15 is 0 Å². The second-order valence-electron chi connectivity index (χ2n) is 7.34. The number of likely N-dealkylation sites (tertiary alicyclic amines) is 1. The summed E-state index contributed by atoms with van der Waals surface area (Å²) in [6.07, 6.45) is 7.16. The molecule has 1 aromatic rings. The van der Waals surface area contributed by atoms with Gasteiger partial charge in [0.05, 0.1) is 0 Å². The SMILES string of the molecule is Cc1c(Cl)cccc1NC(=O)C1CCN(C(=O)C2CCCCC2)CC1. The van der Waals surface area contributed by atoms with Gasteiger partial charge in [0, 0.05) is 35.6 Å². The van der Waals surface area contributed by atoms with Gasteiger partial charge in [0.1, 0.15) is 0 Å². The molecule has 136 valence electrons. The average molecular weight is 363 g/mol. The van der Waals surface area contributed by atoms with Gasteiger partial charge in [-0.1, -0.05) is 36.9 Å². The van der Waals surface area contributed by atoms with E-state index in [1.165, 1.54) is 19.3 Å². The third-order valence-electron chi connectivity index (χ3n) is 5.66. The Morgan fingerprint density at radius 1 is 1.04 bits per heavy atom. The number of benzene rings is 1. The number of halogens is 1. The smallest absolute Gasteiger partial charge is 0.227 e. The number of piperidine rings is 1. The Morgan fingerprint density at radius 2 is 1.72 bits per heavy atom. The molecule has 1 aliphatic carbocycles. The molecule has 0 bridgehead atoms. The molecule has 1 N–H and O–H groups in total. The van der Waals surface area contributed by atoms with Crippen molar-refractivity contribution in [2.24, 2.45) is 11.8 Å². The highest BCUT2D eigenvalue weighted by atomic mass is 35.5. The number of carbonyl (C=O) groups is 2. The van der Waals surface area contributed by atoms with E-state index in [-0.39, 0.29) is 17.7 Å². The van der Waals surface area contributed by atoms with Crippen molar-refractivity contribution in [3.05, 3.63) is 28.8 Å². The van der Waals surface area contributed by atoms with Crippen LogP contribution in [0.5, 0.6) is 0 Å². The van der Waals surface area contributed by atoms with E-state index in [0.29, 0.717) is 24.0 Å². The highest BCUT2D eigenvalue weighted by Gasteiger charge is 2.31. The van der Waals surface area contributed by atoms with Crippen LogP contribution in [0.4, 0.5) is 5.69 Å². The van der Waals surface area contributed by atoms with Gasteiger partial charge in [-0.3, -0.25) is 9.59 Å². The topological polar surface area (TPSA) is 49.4 Å². The standard InChI is InChI=1S/C20H27ClN2O2/c1-14-17(21)8-5-9-18(14)22-19(24)15-10-12-23(13-11-15)20(25)16-6-3-2-4-7-16/h5,8-9,15-16H,2-4,6-7,10-13H2,1H3,(H,22,24). The summed E-state index contributed by atoms with van der Waals surface area (Å²) in [6, 6.07) is 5.54. The van der Waals surface area contributed by atoms with E-state index in [1.807, 2.05) is 30.0 Å². The lowest BCUT2D eigenvalue weighted by atomic mass is 9.87. The first-order chi connectivity index (χ1) is 12.1. The molecule has 1 saturated carbocycles. The molecule has 3 rings (SSSR count). The molecule has 1 saturated heterocycles. The van der Waals surface area contributed by atoms with Gasteiger partial charge in [0.2, 0.25) is 11.8 Å². The molecule has 25 heavy (non-hydrogen) atoms. The maximum absolute atomic E-state index is 12.6. The van der Waals surface area contributed by atoms with E-state index in [2.05, 4.69) is 5.32 Å². The summed E-state index contributed by atoms with van der Waals surface area (Å²) < 4.78 is 0. The number of nitrogens with one attached hydrogen (secondary N) is 1. The summed E-state index contributed by atoms with van der Waals surface area (Å²) in [5.74, 6) is 0.529. The monoisotopic (exact) mass is 362 g/mol. The lowest BCUT2D eigenvalue weighted by molar-refractivity contribution is -0.139. The van der Waals surface area contributed by atoms with Crippen LogP contribution in [0.2, 0.25) is 5.02 Å². The predicted octanol–water partition coefficient (Wildman–Crippen LogP) is 4.41. The summed E-state index contributed by atoms with van der Waals surface area (Å²) in [5.41, 5.74) is 1.67. The zero-order valence-electron chi connectivity index (χ0n) is 14.9. The first-order valence-corrected chi connectivity index (χ1v) is 9.79. The van der Waals surface area contributed by atoms with Gasteiger partial charge in [-0.25, -0.2) is 0 Å². The van der Waals surface area contributed by atoms with Gasteiger partial charge in [-0.2, -0.15) is 0 Å². The third kappa shape index (κ3) is 4.35. The van der Waals surface area contributed by atoms with Crippen LogP contribution in [0.15, 0.2) is 18.2 Å². The molecule has 0 aromatic heterocycles. The van der Waals surface area contributed by atoms with Gasteiger partial charge in [-0.15, -0.1) is 0 Å². The number of anilines is 1. The highest BCUT2D eigenvalue weighted by Crippen LogP contribution is 2.28. The zero-order valence-corrected chi connectivity index (χ0v) is 15.6. The number of carbonyl (C=O) groups excluding carboxylic acids is 2. The summed E-state index contributed by atoms with van der Waals surface area (Å²) in [7, 11) is 0. The summed E-state index contributed by atoms with van der Waals surface area (Å²) >= 11 is 6.12. The predicted molar refractivity (Wildman–Crippen MR) is 101 cm³/mol. The summed E-state index contributed by atoms with van der Waals surface area (Å²) in [6.45, 7) is 3.30. The molecule has 1 aromatic carbocycles. The van der Waals surface area contributed by atoms with E-state index in [4.69, 9.17) is 11.6 Å². The highest BCUT2D eigenvalue weighted by molar-refractivity contribution is 6.31. The molecule has 5 heteroatoms. The van der Waals surface area contributed by atoms with Crippen LogP contribution in [0.1, 0.15) is 50.5 Å². The van der Waals surface area contributed by atoms with Crippen LogP contribution in [-0.2, 0) is 9.59 Å². The van der Waals surface area contributed by atoms with Crippen molar-refractivity contribution >= 4 is 29.1 Å². The minimum Gasteiger partial charge on any atom is -0.342 e. The number of hydrogen-bond acceptors (Lipinski definition) is 2. The van der Waals surface area contributed by atoms with Crippen LogP contribution in [0.3, 0.4) is 0 Å². The summed E-state index contributed by atoms with van der Waals surface area (Å²) in [4.78, 5) is 27.1. The Balaban J connectivity index is 1.52. The lowest BCUT2D eigenvalue weighted by Crippen LogP contribution is -2.44. The normalized spacial score (nSPS) is 19.7. The fraction of sp³-hybridized carbons (Fsp3) is 0.600. The molecular weight excluding hydrogens is 336 g/mol. The van der Waals surface area contributed by atoms with Crippen LogP contribution in [0.25, 0.3) is 0 Å². The maximum Gasteiger partial charge on any atom is 0.227 e. The molecule has 0 atom stereocenters. The fourth-order valence-corrected chi connectivity index (χ4v) is 4.12. The number of rotatable bonds is 3. The van der Waals surface area contributed by atoms with Crippen molar-refractivity contribution < 1.29 is 9.59 Å². The minimum atomic E-state index is -0.0335. The van der Waals surface area contributed by atoms with Crippen molar-refractivity contribution in [1.82, 2.24) is 4.90 Å². The molecule has 4 nitrogen and oxygen atoms in total. The van der Waals surface area contributed by atoms with E-state index < -0.39 is 0 Å². The zero-order chi connectivity index (χ0) is 17.8. The number of amides is 2. The first kappa shape index (κ1) is 18.2. The van der Waals surface area contributed by atoms with Crippen molar-refractivity contribution in [3.63, 3.8) is 0 Å². The van der Waals surface area contributed by atoms with Gasteiger partial charge in [0.15, 0.2) is 0 Å². The molecule has 0 spiro atoms. The minimum absolute atomic E-state index is 0.0335. The largest absolute Gasteiger partial charge is 0.342 e. The summed E-state index contributed by atoms with van der Waals surface area (Å²) in [5, 5.41) is 3.66. The molecule has 0 radical (unpaired) electrons. The lowest BCUT2D eigenvalue weighted by Gasteiger charge is -2.34. The van der Waals surface area contributed by atoms with Gasteiger partial charge >= 0.3 is 0 Å². The average Bonchev–Trinajstić information content (AvgIpc) is 2.65. The molecule has 1 heterocycles. The van der Waals surface area contributed by atoms with E-state index in [1.54, 1.807) is 0 Å². The van der Waals surface area contributed by atoms with Crippen molar-refractivity contribution in [2.45, 2.75) is 51.9 Å². The number of nitrogens with zero attached hydrogens (tertiary/aromatic N) is 1. The van der Waals surface area contributed by atoms with E-state index in [9.17, 15) is 9.59 Å². The molecule has 2 amide bonds. The van der Waals surface area contributed by atoms with Crippen LogP contribution >= 0.6 is 11.6 Å². The maximum atomic E-state index is 12.6. The Morgan fingerprint density at radius 3 is 2.40 bits per heavy atom. The van der Waals surface area contributed by atoms with Crippen LogP contribution < -0.4 is 5.32 Å². The van der Waals surface area contributed by atoms with Crippen LogP contribution in [-0.4, -0.2) is 29.8 Å². The Kier molecular flexibility index (Phi) is 6.00. The van der Waals surface area contributed by atoms with Crippen LogP contribution in [0, 0.1) is 18.8 Å². The van der Waals surface area contributed by atoms with Gasteiger partial charge < -0.3 is 10.2 Å². The van der Waals surface area contributed by atoms with Gasteiger partial charge in [0.25, 0.3) is 0 Å². The van der Waals surface area contributed by atoms with Crippen molar-refractivity contribution in [3.8, 4) is 0 Å². The molecule has 2 aliphatic rings. The Labute approximate surface area is 154 Å². The van der Waals surface area contributed by atoms with Gasteiger partial charge in [-0.05, 0) is 50.3 Å². The fourth-order valence-electron chi connectivity index (χ4n) is 3.95. The third-order valence-corrected chi connectivity index (χ3v) is 6.07. The van der Waals surface area contributed by atoms with Crippen molar-refractivity contribution in [2.75, 3.05) is 18.4 Å². The Bertz CT molecular complexity index is 633. The molecular formula is C20H27ClN2O2. The molecule has 2 fully saturated rings. The molecule has 0 unspecified atom stereocenters. The Hall–Kier alpha value is -1.55.